The summed E-state index contributed by atoms with van der Waals surface area (Å²) in [4.78, 5) is 10.5. The van der Waals surface area contributed by atoms with E-state index < -0.39 is 0 Å². The summed E-state index contributed by atoms with van der Waals surface area (Å²) in [6, 6.07) is 15.2. The number of aryl methyl sites for hydroxylation is 2. The van der Waals surface area contributed by atoms with Gasteiger partial charge in [-0.05, 0) is 24.5 Å². The van der Waals surface area contributed by atoms with Crippen molar-refractivity contribution in [2.75, 3.05) is 0 Å². The first kappa shape index (κ1) is 20.1. The van der Waals surface area contributed by atoms with E-state index in [1.165, 1.54) is 11.1 Å². The predicted octanol–water partition coefficient (Wildman–Crippen LogP) is 5.18. The number of benzene rings is 2. The minimum absolute atomic E-state index is 0.104. The minimum atomic E-state index is -0.377. The molecule has 0 aliphatic carbocycles. The number of non-ortho nitro benzene ring substituents is 1. The van der Waals surface area contributed by atoms with Crippen LogP contribution in [0, 0.1) is 17.0 Å². The van der Waals surface area contributed by atoms with Crippen molar-refractivity contribution >= 4 is 17.4 Å². The Labute approximate surface area is 169 Å². The summed E-state index contributed by atoms with van der Waals surface area (Å²) >= 11 is 1.67. The maximum absolute atomic E-state index is 10.9. The van der Waals surface area contributed by atoms with Crippen LogP contribution in [0.1, 0.15) is 42.3 Å². The average Bonchev–Trinajstić information content (AvgIpc) is 3.08. The highest BCUT2D eigenvalue weighted by molar-refractivity contribution is 7.98. The van der Waals surface area contributed by atoms with Crippen LogP contribution in [0.3, 0.4) is 0 Å². The molecule has 0 aliphatic heterocycles. The quantitative estimate of drug-likeness (QED) is 0.283. The Hall–Kier alpha value is -2.67. The van der Waals surface area contributed by atoms with Gasteiger partial charge in [0.1, 0.15) is 5.82 Å². The van der Waals surface area contributed by atoms with Crippen molar-refractivity contribution in [3.05, 3.63) is 81.2 Å². The standard InChI is InChI=1S/C21H24N4O2S/c1-3-4-5-20-22-23-21(28-15-18-8-6-16(2)7-9-18)24(20)14-17-10-12-19(13-11-17)25(26)27/h6-13H,3-5,14-15H2,1-2H3. The first-order valence-electron chi connectivity index (χ1n) is 9.40. The Morgan fingerprint density at radius 2 is 1.71 bits per heavy atom. The number of hydrogen-bond donors (Lipinski definition) is 0. The molecule has 146 valence electrons. The molecule has 1 heterocycles. The van der Waals surface area contributed by atoms with Crippen molar-refractivity contribution in [2.45, 2.75) is 50.6 Å². The van der Waals surface area contributed by atoms with Crippen molar-refractivity contribution < 1.29 is 4.92 Å². The van der Waals surface area contributed by atoms with Gasteiger partial charge in [0.15, 0.2) is 5.16 Å². The number of nitrogens with zero attached hydrogens (tertiary/aromatic N) is 4. The highest BCUT2D eigenvalue weighted by Gasteiger charge is 2.14. The van der Waals surface area contributed by atoms with Crippen LogP contribution in [0.2, 0.25) is 0 Å². The maximum atomic E-state index is 10.9. The molecular formula is C21H24N4O2S. The van der Waals surface area contributed by atoms with E-state index in [-0.39, 0.29) is 10.6 Å². The number of nitro groups is 1. The molecule has 2 aromatic carbocycles. The maximum Gasteiger partial charge on any atom is 0.269 e. The number of rotatable bonds is 9. The monoisotopic (exact) mass is 396 g/mol. The Balaban J connectivity index is 1.78. The van der Waals surface area contributed by atoms with Gasteiger partial charge in [0, 0.05) is 24.3 Å². The van der Waals surface area contributed by atoms with E-state index in [1.54, 1.807) is 36.0 Å². The second-order valence-corrected chi connectivity index (χ2v) is 7.73. The fraction of sp³-hybridized carbons (Fsp3) is 0.333. The number of thioether (sulfide) groups is 1. The van der Waals surface area contributed by atoms with Crippen molar-refractivity contribution in [1.29, 1.82) is 0 Å². The second kappa shape index (κ2) is 9.50. The van der Waals surface area contributed by atoms with Gasteiger partial charge < -0.3 is 4.57 Å². The number of nitro benzene ring substituents is 1. The second-order valence-electron chi connectivity index (χ2n) is 6.79. The SMILES string of the molecule is CCCCc1nnc(SCc2ccc(C)cc2)n1Cc1ccc([N+](=O)[O-])cc1. The molecule has 3 rings (SSSR count). The molecule has 6 nitrogen and oxygen atoms in total. The van der Waals surface area contributed by atoms with E-state index in [0.717, 1.165) is 41.6 Å². The molecule has 0 atom stereocenters. The number of aromatic nitrogens is 3. The fourth-order valence-electron chi connectivity index (χ4n) is 2.84. The van der Waals surface area contributed by atoms with Crippen molar-refractivity contribution in [1.82, 2.24) is 14.8 Å². The first-order chi connectivity index (χ1) is 13.6. The van der Waals surface area contributed by atoms with Crippen LogP contribution in [0.25, 0.3) is 0 Å². The molecule has 0 radical (unpaired) electrons. The lowest BCUT2D eigenvalue weighted by molar-refractivity contribution is -0.384. The zero-order valence-corrected chi connectivity index (χ0v) is 17.0. The van der Waals surface area contributed by atoms with Gasteiger partial charge in [0.2, 0.25) is 0 Å². The van der Waals surface area contributed by atoms with E-state index in [4.69, 9.17) is 0 Å². The summed E-state index contributed by atoms with van der Waals surface area (Å²) in [6.07, 6.45) is 3.03. The van der Waals surface area contributed by atoms with Gasteiger partial charge in [-0.2, -0.15) is 0 Å². The normalized spacial score (nSPS) is 10.9. The highest BCUT2D eigenvalue weighted by atomic mass is 32.2. The van der Waals surface area contributed by atoms with Gasteiger partial charge in [-0.3, -0.25) is 10.1 Å². The van der Waals surface area contributed by atoms with Crippen LogP contribution in [0.4, 0.5) is 5.69 Å². The Bertz CT molecular complexity index is 921. The zero-order valence-electron chi connectivity index (χ0n) is 16.2. The van der Waals surface area contributed by atoms with Gasteiger partial charge in [-0.1, -0.05) is 67.1 Å². The van der Waals surface area contributed by atoms with E-state index >= 15 is 0 Å². The summed E-state index contributed by atoms with van der Waals surface area (Å²) in [6.45, 7) is 4.85. The average molecular weight is 397 g/mol. The molecule has 0 saturated heterocycles. The third-order valence-electron chi connectivity index (χ3n) is 4.52. The third-order valence-corrected chi connectivity index (χ3v) is 5.56. The highest BCUT2D eigenvalue weighted by Crippen LogP contribution is 2.24. The van der Waals surface area contributed by atoms with Crippen LogP contribution in [0.15, 0.2) is 53.7 Å². The van der Waals surface area contributed by atoms with E-state index in [9.17, 15) is 10.1 Å². The Kier molecular flexibility index (Phi) is 6.81. The molecule has 0 saturated carbocycles. The molecule has 0 N–H and O–H groups in total. The van der Waals surface area contributed by atoms with Crippen LogP contribution < -0.4 is 0 Å². The molecular weight excluding hydrogens is 372 g/mol. The Morgan fingerprint density at radius 3 is 2.36 bits per heavy atom. The summed E-state index contributed by atoms with van der Waals surface area (Å²) in [7, 11) is 0. The van der Waals surface area contributed by atoms with E-state index in [1.807, 2.05) is 0 Å². The summed E-state index contributed by atoms with van der Waals surface area (Å²) in [5, 5.41) is 20.6. The smallest absolute Gasteiger partial charge is 0.269 e. The predicted molar refractivity (Wildman–Crippen MR) is 112 cm³/mol. The van der Waals surface area contributed by atoms with Gasteiger partial charge in [0.05, 0.1) is 11.5 Å². The lowest BCUT2D eigenvalue weighted by Crippen LogP contribution is -2.07. The number of unbranched alkanes of at least 4 members (excludes halogenated alkanes) is 1. The van der Waals surface area contributed by atoms with Gasteiger partial charge >= 0.3 is 0 Å². The lowest BCUT2D eigenvalue weighted by atomic mass is 10.2. The first-order valence-corrected chi connectivity index (χ1v) is 10.4. The van der Waals surface area contributed by atoms with Crippen LogP contribution in [0.5, 0.6) is 0 Å². The molecule has 0 amide bonds. The molecule has 0 aliphatic rings. The summed E-state index contributed by atoms with van der Waals surface area (Å²) in [5.74, 6) is 1.79. The zero-order chi connectivity index (χ0) is 19.9. The van der Waals surface area contributed by atoms with Crippen LogP contribution in [-0.2, 0) is 18.7 Å². The van der Waals surface area contributed by atoms with Crippen molar-refractivity contribution in [3.8, 4) is 0 Å². The molecule has 0 bridgehead atoms. The Morgan fingerprint density at radius 1 is 1.04 bits per heavy atom. The topological polar surface area (TPSA) is 73.8 Å². The van der Waals surface area contributed by atoms with Crippen molar-refractivity contribution in [3.63, 3.8) is 0 Å². The van der Waals surface area contributed by atoms with Crippen molar-refractivity contribution in [2.24, 2.45) is 0 Å². The molecule has 0 spiro atoms. The fourth-order valence-corrected chi connectivity index (χ4v) is 3.75. The molecule has 7 heteroatoms. The third kappa shape index (κ3) is 5.19. The van der Waals surface area contributed by atoms with Gasteiger partial charge in [-0.25, -0.2) is 0 Å². The minimum Gasteiger partial charge on any atom is -0.302 e. The molecule has 1 aromatic heterocycles. The molecule has 0 unspecified atom stereocenters. The van der Waals surface area contributed by atoms with E-state index in [2.05, 4.69) is 52.9 Å². The number of hydrogen-bond acceptors (Lipinski definition) is 5. The largest absolute Gasteiger partial charge is 0.302 e. The van der Waals surface area contributed by atoms with E-state index in [0.29, 0.717) is 6.54 Å². The van der Waals surface area contributed by atoms with Crippen LogP contribution >= 0.6 is 11.8 Å². The van der Waals surface area contributed by atoms with Gasteiger partial charge in [-0.15, -0.1) is 10.2 Å². The van der Waals surface area contributed by atoms with Gasteiger partial charge in [0.25, 0.3) is 5.69 Å². The molecule has 3 aromatic rings. The van der Waals surface area contributed by atoms with Crippen LogP contribution in [-0.4, -0.2) is 19.7 Å². The summed E-state index contributed by atoms with van der Waals surface area (Å²) in [5.41, 5.74) is 3.60. The lowest BCUT2D eigenvalue weighted by Gasteiger charge is -2.10. The molecule has 28 heavy (non-hydrogen) atoms. The summed E-state index contributed by atoms with van der Waals surface area (Å²) < 4.78 is 2.13. The molecule has 0 fully saturated rings.